The Bertz CT molecular complexity index is 394. The summed E-state index contributed by atoms with van der Waals surface area (Å²) in [5.41, 5.74) is -1.04. The molecule has 0 fully saturated rings. The summed E-state index contributed by atoms with van der Waals surface area (Å²) in [6.07, 6.45) is -7.19. The molecule has 0 N–H and O–H groups in total. The molecule has 27 heavy (non-hydrogen) atoms. The molecule has 10 heteroatoms. The second kappa shape index (κ2) is 11.4. The third-order valence-corrected chi connectivity index (χ3v) is 3.67. The van der Waals surface area contributed by atoms with Crippen molar-refractivity contribution in [2.75, 3.05) is 26.4 Å². The van der Waals surface area contributed by atoms with Crippen molar-refractivity contribution in [3.63, 3.8) is 0 Å². The van der Waals surface area contributed by atoms with Gasteiger partial charge in [0, 0.05) is 13.2 Å². The zero-order valence-corrected chi connectivity index (χ0v) is 16.3. The van der Waals surface area contributed by atoms with Gasteiger partial charge in [-0.3, -0.25) is 9.47 Å². The SMILES string of the molecule is CC(C)(CCC(C)(C)OCCCOC(F)(F)F)OCCCCOC(F)(F)F. The van der Waals surface area contributed by atoms with E-state index in [-0.39, 0.29) is 19.4 Å². The molecule has 0 aliphatic carbocycles. The van der Waals surface area contributed by atoms with Crippen molar-refractivity contribution in [1.29, 1.82) is 0 Å². The molecule has 0 spiro atoms. The van der Waals surface area contributed by atoms with E-state index in [2.05, 4.69) is 9.47 Å². The lowest BCUT2D eigenvalue weighted by atomic mass is 9.93. The molecule has 0 heterocycles. The summed E-state index contributed by atoms with van der Waals surface area (Å²) in [6, 6.07) is 0. The summed E-state index contributed by atoms with van der Waals surface area (Å²) >= 11 is 0. The Kier molecular flexibility index (Phi) is 11.2. The number of ether oxygens (including phenoxy) is 4. The molecule has 0 bridgehead atoms. The summed E-state index contributed by atoms with van der Waals surface area (Å²) in [5, 5.41) is 0. The Balaban J connectivity index is 3.88. The molecular weight excluding hydrogens is 382 g/mol. The normalized spacial score (nSPS) is 14.0. The van der Waals surface area contributed by atoms with Gasteiger partial charge in [-0.15, -0.1) is 26.3 Å². The van der Waals surface area contributed by atoms with Crippen LogP contribution in [0.25, 0.3) is 0 Å². The van der Waals surface area contributed by atoms with Crippen LogP contribution in [0.1, 0.15) is 59.8 Å². The second-order valence-electron chi connectivity index (χ2n) is 7.37. The van der Waals surface area contributed by atoms with Crippen LogP contribution in [0.5, 0.6) is 0 Å². The van der Waals surface area contributed by atoms with Crippen LogP contribution in [0.2, 0.25) is 0 Å². The van der Waals surface area contributed by atoms with Crippen LogP contribution in [0, 0.1) is 0 Å². The number of hydrogen-bond acceptors (Lipinski definition) is 4. The zero-order valence-electron chi connectivity index (χ0n) is 16.3. The van der Waals surface area contributed by atoms with E-state index in [0.717, 1.165) is 0 Å². The van der Waals surface area contributed by atoms with Crippen molar-refractivity contribution in [3.05, 3.63) is 0 Å². The topological polar surface area (TPSA) is 36.9 Å². The number of unbranched alkanes of at least 4 members (excludes halogenated alkanes) is 1. The van der Waals surface area contributed by atoms with Gasteiger partial charge in [-0.25, -0.2) is 0 Å². The Hall–Kier alpha value is -0.580. The largest absolute Gasteiger partial charge is 0.522 e. The maximum atomic E-state index is 11.9. The molecule has 0 saturated heterocycles. The first kappa shape index (κ1) is 26.4. The molecule has 0 amide bonds. The van der Waals surface area contributed by atoms with E-state index in [9.17, 15) is 26.3 Å². The van der Waals surface area contributed by atoms with Gasteiger partial charge in [0.05, 0.1) is 24.4 Å². The van der Waals surface area contributed by atoms with Crippen LogP contribution in [-0.2, 0) is 18.9 Å². The Morgan fingerprint density at radius 1 is 0.481 bits per heavy atom. The minimum Gasteiger partial charge on any atom is -0.376 e. The van der Waals surface area contributed by atoms with Gasteiger partial charge in [-0.2, -0.15) is 0 Å². The summed E-state index contributed by atoms with van der Waals surface area (Å²) < 4.78 is 89.7. The highest BCUT2D eigenvalue weighted by molar-refractivity contribution is 4.76. The smallest absolute Gasteiger partial charge is 0.376 e. The first-order valence-electron chi connectivity index (χ1n) is 8.81. The first-order chi connectivity index (χ1) is 12.1. The van der Waals surface area contributed by atoms with Gasteiger partial charge in [-0.05, 0) is 59.8 Å². The fraction of sp³-hybridized carbons (Fsp3) is 1.00. The zero-order chi connectivity index (χ0) is 21.2. The van der Waals surface area contributed by atoms with Crippen molar-refractivity contribution in [3.8, 4) is 0 Å². The van der Waals surface area contributed by atoms with E-state index < -0.39 is 37.1 Å². The standard InChI is InChI=1S/C17H30F6O4/c1-14(2,24-10-5-6-11-26-16(18,19)20)8-9-15(3,4)25-12-7-13-27-17(21,22)23/h5-13H2,1-4H3. The maximum absolute atomic E-state index is 11.9. The van der Waals surface area contributed by atoms with Gasteiger partial charge in [0.15, 0.2) is 0 Å². The highest BCUT2D eigenvalue weighted by Crippen LogP contribution is 2.25. The van der Waals surface area contributed by atoms with Crippen LogP contribution in [-0.4, -0.2) is 50.4 Å². The number of rotatable bonds is 14. The van der Waals surface area contributed by atoms with Crippen molar-refractivity contribution in [2.45, 2.75) is 83.7 Å². The molecular formula is C17H30F6O4. The maximum Gasteiger partial charge on any atom is 0.522 e. The predicted octanol–water partition coefficient (Wildman–Crippen LogP) is 5.60. The predicted molar refractivity (Wildman–Crippen MR) is 87.2 cm³/mol. The molecule has 0 saturated carbocycles. The molecule has 0 aromatic rings. The van der Waals surface area contributed by atoms with Gasteiger partial charge in [-0.1, -0.05) is 0 Å². The van der Waals surface area contributed by atoms with Gasteiger partial charge < -0.3 is 9.47 Å². The molecule has 0 unspecified atom stereocenters. The number of halogens is 6. The highest BCUT2D eigenvalue weighted by atomic mass is 19.4. The average molecular weight is 412 g/mol. The van der Waals surface area contributed by atoms with Crippen LogP contribution < -0.4 is 0 Å². The fourth-order valence-corrected chi connectivity index (χ4v) is 2.08. The Morgan fingerprint density at radius 3 is 1.15 bits per heavy atom. The van der Waals surface area contributed by atoms with E-state index >= 15 is 0 Å². The van der Waals surface area contributed by atoms with Gasteiger partial charge in [0.1, 0.15) is 0 Å². The second-order valence-corrected chi connectivity index (χ2v) is 7.37. The molecule has 164 valence electrons. The Labute approximate surface area is 156 Å². The van der Waals surface area contributed by atoms with Gasteiger partial charge in [0.2, 0.25) is 0 Å². The molecule has 0 atom stereocenters. The van der Waals surface area contributed by atoms with E-state index in [4.69, 9.17) is 9.47 Å². The molecule has 0 aliphatic rings. The molecule has 0 aromatic heterocycles. The molecule has 0 radical (unpaired) electrons. The molecule has 0 aromatic carbocycles. The summed E-state index contributed by atoms with van der Waals surface area (Å²) in [5.74, 6) is 0. The number of hydrogen-bond donors (Lipinski definition) is 0. The molecule has 0 aliphatic heterocycles. The van der Waals surface area contributed by atoms with E-state index in [0.29, 0.717) is 25.9 Å². The minimum absolute atomic E-state index is 0.128. The summed E-state index contributed by atoms with van der Waals surface area (Å²) in [4.78, 5) is 0. The summed E-state index contributed by atoms with van der Waals surface area (Å²) in [6.45, 7) is 7.01. The average Bonchev–Trinajstić information content (AvgIpc) is 2.46. The van der Waals surface area contributed by atoms with Crippen molar-refractivity contribution < 1.29 is 45.3 Å². The molecule has 4 nitrogen and oxygen atoms in total. The fourth-order valence-electron chi connectivity index (χ4n) is 2.08. The molecule has 0 rings (SSSR count). The van der Waals surface area contributed by atoms with Crippen molar-refractivity contribution >= 4 is 0 Å². The minimum atomic E-state index is -4.63. The van der Waals surface area contributed by atoms with Crippen LogP contribution in [0.4, 0.5) is 26.3 Å². The lowest BCUT2D eigenvalue weighted by molar-refractivity contribution is -0.326. The quantitative estimate of drug-likeness (QED) is 0.275. The first-order valence-corrected chi connectivity index (χ1v) is 8.81. The van der Waals surface area contributed by atoms with E-state index in [1.165, 1.54) is 0 Å². The lowest BCUT2D eigenvalue weighted by Gasteiger charge is -2.31. The van der Waals surface area contributed by atoms with Crippen LogP contribution >= 0.6 is 0 Å². The van der Waals surface area contributed by atoms with E-state index in [1.54, 1.807) is 0 Å². The highest BCUT2D eigenvalue weighted by Gasteiger charge is 2.30. The summed E-state index contributed by atoms with van der Waals surface area (Å²) in [7, 11) is 0. The third-order valence-electron chi connectivity index (χ3n) is 3.67. The van der Waals surface area contributed by atoms with E-state index in [1.807, 2.05) is 27.7 Å². The Morgan fingerprint density at radius 2 is 0.778 bits per heavy atom. The van der Waals surface area contributed by atoms with Crippen molar-refractivity contribution in [2.24, 2.45) is 0 Å². The van der Waals surface area contributed by atoms with Crippen molar-refractivity contribution in [1.82, 2.24) is 0 Å². The number of alkyl halides is 6. The monoisotopic (exact) mass is 412 g/mol. The third kappa shape index (κ3) is 18.5. The van der Waals surface area contributed by atoms with Gasteiger partial charge >= 0.3 is 12.7 Å². The van der Waals surface area contributed by atoms with Crippen LogP contribution in [0.3, 0.4) is 0 Å². The lowest BCUT2D eigenvalue weighted by Crippen LogP contribution is -2.32. The van der Waals surface area contributed by atoms with Gasteiger partial charge in [0.25, 0.3) is 0 Å². The van der Waals surface area contributed by atoms with Crippen LogP contribution in [0.15, 0.2) is 0 Å².